The Hall–Kier alpha value is -6.11. The molecule has 5 heterocycles. The van der Waals surface area contributed by atoms with E-state index in [9.17, 15) is 28.2 Å². The summed E-state index contributed by atoms with van der Waals surface area (Å²) in [4.78, 5) is 77.9. The van der Waals surface area contributed by atoms with Crippen molar-refractivity contribution in [3.63, 3.8) is 0 Å². The van der Waals surface area contributed by atoms with Crippen LogP contribution in [-0.2, 0) is 26.2 Å². The Morgan fingerprint density at radius 2 is 1.78 bits per heavy atom. The summed E-state index contributed by atoms with van der Waals surface area (Å²) in [6, 6.07) is 16.8. The Morgan fingerprint density at radius 1 is 1.00 bits per heavy atom. The van der Waals surface area contributed by atoms with E-state index in [2.05, 4.69) is 41.0 Å². The van der Waals surface area contributed by atoms with Gasteiger partial charge >= 0.3 is 0 Å². The third-order valence-corrected chi connectivity index (χ3v) is 11.5. The molecule has 3 fully saturated rings. The summed E-state index contributed by atoms with van der Waals surface area (Å²) in [5.41, 5.74) is 3.52. The lowest BCUT2D eigenvalue weighted by Crippen LogP contribution is -2.72. The third kappa shape index (κ3) is 7.41. The zero-order chi connectivity index (χ0) is 40.7. The molecule has 3 aromatic carbocycles. The Kier molecular flexibility index (Phi) is 10.5. The van der Waals surface area contributed by atoms with Crippen LogP contribution in [0.5, 0.6) is 5.75 Å². The summed E-state index contributed by atoms with van der Waals surface area (Å²) in [5, 5.41) is 11.7. The number of carbonyl (C=O) groups is 5. The predicted molar refractivity (Wildman–Crippen MR) is 218 cm³/mol. The molecule has 1 spiro atoms. The van der Waals surface area contributed by atoms with Crippen LogP contribution in [0.25, 0.3) is 0 Å². The van der Waals surface area contributed by atoms with Gasteiger partial charge in [0, 0.05) is 69.8 Å². The van der Waals surface area contributed by atoms with Crippen LogP contribution >= 0.6 is 11.6 Å². The number of benzene rings is 3. The van der Waals surface area contributed by atoms with E-state index < -0.39 is 29.7 Å². The van der Waals surface area contributed by atoms with Crippen molar-refractivity contribution in [3.05, 3.63) is 83.0 Å². The number of para-hydroxylation sites is 2. The van der Waals surface area contributed by atoms with Gasteiger partial charge < -0.3 is 30.5 Å². The number of halogens is 1. The summed E-state index contributed by atoms with van der Waals surface area (Å²) in [6.07, 6.45) is 1.75. The van der Waals surface area contributed by atoms with Crippen LogP contribution in [0.3, 0.4) is 0 Å². The third-order valence-electron chi connectivity index (χ3n) is 10.7. The van der Waals surface area contributed by atoms with E-state index in [4.69, 9.17) is 16.3 Å². The zero-order valence-electron chi connectivity index (χ0n) is 31.5. The lowest BCUT2D eigenvalue weighted by atomic mass is 9.72. The van der Waals surface area contributed by atoms with Gasteiger partial charge in [-0.2, -0.15) is 4.98 Å². The molecule has 4 aliphatic heterocycles. The van der Waals surface area contributed by atoms with Crippen LogP contribution in [0.15, 0.2) is 66.9 Å². The van der Waals surface area contributed by atoms with Crippen molar-refractivity contribution in [2.24, 2.45) is 5.41 Å². The van der Waals surface area contributed by atoms with Gasteiger partial charge in [0.25, 0.3) is 11.8 Å². The fourth-order valence-corrected chi connectivity index (χ4v) is 8.35. The quantitative estimate of drug-likeness (QED) is 0.0972. The number of carbonyl (C=O) groups excluding carboxylic acids is 5. The lowest BCUT2D eigenvalue weighted by Gasteiger charge is -2.61. The molecule has 4 aliphatic rings. The molecule has 0 saturated carbocycles. The first-order valence-corrected chi connectivity index (χ1v) is 19.6. The Morgan fingerprint density at radius 3 is 2.53 bits per heavy atom. The first-order valence-electron chi connectivity index (χ1n) is 18.5. The van der Waals surface area contributed by atoms with Crippen LogP contribution in [0.2, 0.25) is 5.02 Å². The van der Waals surface area contributed by atoms with Crippen LogP contribution in [0.4, 0.5) is 40.2 Å². The molecule has 3 saturated heterocycles. The van der Waals surface area contributed by atoms with Crippen molar-refractivity contribution >= 4 is 93.2 Å². The number of ether oxygens (including phenoxy) is 1. The Bertz CT molecular complexity index is 2370. The maximum atomic E-state index is 13.4. The van der Waals surface area contributed by atoms with E-state index in [1.165, 1.54) is 12.3 Å². The smallest absolute Gasteiger partial charge is 0.264 e. The average molecular weight is 827 g/mol. The molecule has 0 aliphatic carbocycles. The molecule has 58 heavy (non-hydrogen) atoms. The van der Waals surface area contributed by atoms with Crippen LogP contribution in [-0.4, -0.2) is 106 Å². The molecule has 1 unspecified atom stereocenters. The summed E-state index contributed by atoms with van der Waals surface area (Å²) in [5.74, 6) is -1.47. The first-order chi connectivity index (χ1) is 28.0. The molecule has 8 rings (SSSR count). The van der Waals surface area contributed by atoms with Gasteiger partial charge in [-0.05, 0) is 42.8 Å². The molecule has 1 atom stereocenters. The number of rotatable bonds is 13. The number of nitrogens with zero attached hydrogens (tertiary/aromatic N) is 6. The van der Waals surface area contributed by atoms with E-state index in [1.54, 1.807) is 30.6 Å². The molecule has 19 heteroatoms. The molecule has 5 amide bonds. The van der Waals surface area contributed by atoms with Gasteiger partial charge in [0.1, 0.15) is 28.7 Å². The number of thiol groups is 1. The standard InChI is InChI=1S/C39H39ClN10O7S/c1-47(58-56)28-9-4-3-7-25(28)43-34-24(40)17-41-38(46-34)44-26-11-10-22(16-30(26)57-2)49-20-39(21-49)18-48(19-39)15-14-32(52)42-27-8-5-6-23-33(27)37(55)50(36(23)54)29-12-13-31(51)45-35(29)53/h3-11,16-17,29,58H,12-15,18-21H2,1-2H3,(H,42,52)(H,45,51,53)(H2,41,43,44,46). The van der Waals surface area contributed by atoms with Crippen molar-refractivity contribution in [3.8, 4) is 5.75 Å². The fraction of sp³-hybridized carbons (Fsp3) is 0.308. The first kappa shape index (κ1) is 38.7. The van der Waals surface area contributed by atoms with E-state index in [0.717, 1.165) is 36.8 Å². The van der Waals surface area contributed by atoms with Gasteiger partial charge in [-0.1, -0.05) is 29.8 Å². The Labute approximate surface area is 341 Å². The van der Waals surface area contributed by atoms with Crippen LogP contribution in [0, 0.1) is 5.41 Å². The molecular weight excluding hydrogens is 788 g/mol. The van der Waals surface area contributed by atoms with E-state index in [-0.39, 0.29) is 59.3 Å². The van der Waals surface area contributed by atoms with E-state index >= 15 is 0 Å². The number of amides is 5. The molecule has 4 N–H and O–H groups in total. The maximum Gasteiger partial charge on any atom is 0.264 e. The SMILES string of the molecule is COc1cc(N2CC3(CN(CCC(=O)Nc4cccc5c4C(=O)N(C4CCC(=O)NC4=O)C5=O)C3)C2)ccc1Nc1ncc(Cl)c(Nc2ccccc2N(C)[SH]=O)n1. The number of piperidine rings is 1. The summed E-state index contributed by atoms with van der Waals surface area (Å²) >= 11 is 6.28. The van der Waals surface area contributed by atoms with Gasteiger partial charge in [-0.15, -0.1) is 0 Å². The molecule has 0 bridgehead atoms. The minimum Gasteiger partial charge on any atom is -0.494 e. The van der Waals surface area contributed by atoms with Crippen molar-refractivity contribution in [1.82, 2.24) is 25.1 Å². The fourth-order valence-electron chi connectivity index (χ4n) is 7.95. The summed E-state index contributed by atoms with van der Waals surface area (Å²) < 4.78 is 18.8. The normalized spacial score (nSPS) is 18.3. The van der Waals surface area contributed by atoms with E-state index in [1.807, 2.05) is 42.5 Å². The van der Waals surface area contributed by atoms with Gasteiger partial charge in [-0.3, -0.25) is 38.5 Å². The number of fused-ring (bicyclic) bond motifs is 1. The number of imide groups is 2. The minimum absolute atomic E-state index is 0.0210. The minimum atomic E-state index is -1.09. The number of aromatic nitrogens is 2. The van der Waals surface area contributed by atoms with Crippen molar-refractivity contribution in [1.29, 1.82) is 0 Å². The predicted octanol–water partition coefficient (Wildman–Crippen LogP) is 3.47. The number of nitrogens with one attached hydrogen (secondary N) is 4. The molecule has 4 aromatic rings. The number of likely N-dealkylation sites (tertiary alicyclic amines) is 1. The second-order valence-electron chi connectivity index (χ2n) is 14.7. The van der Waals surface area contributed by atoms with Crippen molar-refractivity contribution in [2.75, 3.05) is 72.0 Å². The maximum absolute atomic E-state index is 13.4. The molecule has 1 aromatic heterocycles. The van der Waals surface area contributed by atoms with Gasteiger partial charge in [0.2, 0.25) is 23.7 Å². The highest BCUT2D eigenvalue weighted by Gasteiger charge is 2.51. The Balaban J connectivity index is 0.829. The van der Waals surface area contributed by atoms with Crippen molar-refractivity contribution in [2.45, 2.75) is 25.3 Å². The molecule has 300 valence electrons. The zero-order valence-corrected chi connectivity index (χ0v) is 33.1. The van der Waals surface area contributed by atoms with Crippen molar-refractivity contribution < 1.29 is 32.9 Å². The van der Waals surface area contributed by atoms with Gasteiger partial charge in [0.05, 0.1) is 47.2 Å². The number of hydrogen-bond donors (Lipinski definition) is 5. The van der Waals surface area contributed by atoms with E-state index in [0.29, 0.717) is 46.1 Å². The lowest BCUT2D eigenvalue weighted by molar-refractivity contribution is -0.136. The monoisotopic (exact) mass is 826 g/mol. The molecule has 17 nitrogen and oxygen atoms in total. The topological polar surface area (TPSA) is 199 Å². The summed E-state index contributed by atoms with van der Waals surface area (Å²) in [6.45, 7) is 3.89. The number of methoxy groups -OCH3 is 1. The average Bonchev–Trinajstić information content (AvgIpc) is 3.44. The molecular formula is C39H39ClN10O7S. The summed E-state index contributed by atoms with van der Waals surface area (Å²) in [7, 11) is 3.29. The second-order valence-corrected chi connectivity index (χ2v) is 15.9. The van der Waals surface area contributed by atoms with Gasteiger partial charge in [0.15, 0.2) is 5.82 Å². The largest absolute Gasteiger partial charge is 0.494 e. The highest BCUT2D eigenvalue weighted by atomic mass is 35.5. The number of hydrogen-bond acceptors (Lipinski definition) is 13. The molecule has 0 radical (unpaired) electrons. The van der Waals surface area contributed by atoms with Crippen LogP contribution in [0.1, 0.15) is 40.0 Å². The van der Waals surface area contributed by atoms with Crippen LogP contribution < -0.4 is 35.2 Å². The second kappa shape index (κ2) is 15.7. The highest BCUT2D eigenvalue weighted by Crippen LogP contribution is 2.44. The van der Waals surface area contributed by atoms with Gasteiger partial charge in [-0.25, -0.2) is 9.19 Å². The number of anilines is 7. The highest BCUT2D eigenvalue weighted by molar-refractivity contribution is 7.67.